The molecule has 1 aliphatic rings. The lowest BCUT2D eigenvalue weighted by Crippen LogP contribution is -2.31. The molecule has 25 heavy (non-hydrogen) atoms. The molecule has 118 valence electrons. The Labute approximate surface area is 143 Å². The molecule has 0 aliphatic carbocycles. The van der Waals surface area contributed by atoms with Gasteiger partial charge in [0.05, 0.1) is 12.1 Å². The fourth-order valence-electron chi connectivity index (χ4n) is 3.86. The molecular formula is C20H14N5+. The lowest BCUT2D eigenvalue weighted by molar-refractivity contribution is -0.647. The quantitative estimate of drug-likeness (QED) is 0.436. The van der Waals surface area contributed by atoms with Crippen LogP contribution < -0.4 is 4.57 Å². The van der Waals surface area contributed by atoms with E-state index in [4.69, 9.17) is 4.98 Å². The van der Waals surface area contributed by atoms with Crippen molar-refractivity contribution >= 4 is 16.9 Å². The van der Waals surface area contributed by atoms with Crippen LogP contribution in [0.1, 0.15) is 5.56 Å². The van der Waals surface area contributed by atoms with Crippen molar-refractivity contribution in [2.75, 3.05) is 0 Å². The average Bonchev–Trinajstić information content (AvgIpc) is 3.30. The molecule has 0 fully saturated rings. The van der Waals surface area contributed by atoms with Gasteiger partial charge in [-0.15, -0.1) is 0 Å². The van der Waals surface area contributed by atoms with Gasteiger partial charge in [-0.3, -0.25) is 9.38 Å². The Hall–Kier alpha value is -3.47. The number of benzene rings is 1. The van der Waals surface area contributed by atoms with Crippen LogP contribution in [0.4, 0.5) is 0 Å². The van der Waals surface area contributed by atoms with Gasteiger partial charge >= 0.3 is 5.65 Å². The van der Waals surface area contributed by atoms with Crippen LogP contribution in [0, 0.1) is 0 Å². The Bertz CT molecular complexity index is 1260. The van der Waals surface area contributed by atoms with Crippen LogP contribution in [0.25, 0.3) is 34.0 Å². The number of hydrogen-bond acceptors (Lipinski definition) is 2. The predicted octanol–water partition coefficient (Wildman–Crippen LogP) is 2.99. The number of imidazole rings is 2. The molecule has 0 radical (unpaired) electrons. The molecule has 5 heteroatoms. The Morgan fingerprint density at radius 2 is 1.84 bits per heavy atom. The van der Waals surface area contributed by atoms with Crippen LogP contribution in [-0.2, 0) is 6.54 Å². The molecule has 0 unspecified atom stereocenters. The first kappa shape index (κ1) is 12.9. The highest BCUT2D eigenvalue weighted by atomic mass is 15.3. The average molecular weight is 324 g/mol. The van der Waals surface area contributed by atoms with Gasteiger partial charge in [-0.05, 0) is 30.3 Å². The number of aromatic nitrogens is 5. The second-order valence-corrected chi connectivity index (χ2v) is 6.30. The summed E-state index contributed by atoms with van der Waals surface area (Å²) in [7, 11) is 0. The third-order valence-corrected chi connectivity index (χ3v) is 4.91. The van der Waals surface area contributed by atoms with Gasteiger partial charge in [0.15, 0.2) is 0 Å². The number of rotatable bonds is 1. The van der Waals surface area contributed by atoms with E-state index < -0.39 is 0 Å². The summed E-state index contributed by atoms with van der Waals surface area (Å²) < 4.78 is 6.76. The van der Waals surface area contributed by atoms with Crippen LogP contribution >= 0.6 is 0 Å². The molecule has 5 aromatic rings. The van der Waals surface area contributed by atoms with E-state index in [9.17, 15) is 0 Å². The summed E-state index contributed by atoms with van der Waals surface area (Å²) in [6.45, 7) is 0.804. The second-order valence-electron chi connectivity index (χ2n) is 6.30. The van der Waals surface area contributed by atoms with E-state index in [1.807, 2.05) is 36.7 Å². The van der Waals surface area contributed by atoms with Gasteiger partial charge in [0.1, 0.15) is 5.69 Å². The van der Waals surface area contributed by atoms with Gasteiger partial charge in [0.25, 0.3) is 5.65 Å². The van der Waals surface area contributed by atoms with E-state index in [1.54, 1.807) is 0 Å². The van der Waals surface area contributed by atoms with Crippen LogP contribution in [0.2, 0.25) is 0 Å². The minimum atomic E-state index is 0.804. The van der Waals surface area contributed by atoms with Crippen molar-refractivity contribution in [2.24, 2.45) is 0 Å². The maximum absolute atomic E-state index is 4.90. The van der Waals surface area contributed by atoms with E-state index in [-0.39, 0.29) is 0 Å². The van der Waals surface area contributed by atoms with Gasteiger partial charge in [-0.25, -0.2) is 9.13 Å². The standard InChI is InChI=1S/C20H14N5/c1-2-6-15(7-3-1)25-19-16-9-10-21-12-14(16)13-24(19)18-20(25)23-11-5-4-8-17(23)22-18/h1-12H,13H2/q+1. The lowest BCUT2D eigenvalue weighted by atomic mass is 10.1. The minimum absolute atomic E-state index is 0.804. The molecule has 5 nitrogen and oxygen atoms in total. The van der Waals surface area contributed by atoms with E-state index in [0.29, 0.717) is 0 Å². The van der Waals surface area contributed by atoms with Gasteiger partial charge in [-0.1, -0.05) is 29.2 Å². The van der Waals surface area contributed by atoms with Crippen molar-refractivity contribution in [3.63, 3.8) is 0 Å². The van der Waals surface area contributed by atoms with E-state index in [1.165, 1.54) is 17.0 Å². The third-order valence-electron chi connectivity index (χ3n) is 4.91. The molecule has 0 bridgehead atoms. The predicted molar refractivity (Wildman–Crippen MR) is 94.6 cm³/mol. The first-order valence-corrected chi connectivity index (χ1v) is 8.32. The normalized spacial score (nSPS) is 12.6. The highest BCUT2D eigenvalue weighted by Gasteiger charge is 2.36. The monoisotopic (exact) mass is 324 g/mol. The Balaban J connectivity index is 1.84. The third kappa shape index (κ3) is 1.59. The zero-order chi connectivity index (χ0) is 16.4. The SMILES string of the molecule is c1ccc(-n2c3[n+](c4nc5ccccn5c42)Cc2cnccc2-3)cc1. The molecule has 0 spiro atoms. The molecule has 1 aromatic carbocycles. The van der Waals surface area contributed by atoms with Crippen molar-refractivity contribution in [1.29, 1.82) is 0 Å². The minimum Gasteiger partial charge on any atom is -0.264 e. The van der Waals surface area contributed by atoms with E-state index in [2.05, 4.69) is 55.0 Å². The molecule has 6 rings (SSSR count). The van der Waals surface area contributed by atoms with Crippen LogP contribution in [0.3, 0.4) is 0 Å². The topological polar surface area (TPSA) is 39.0 Å². The molecule has 4 aromatic heterocycles. The maximum Gasteiger partial charge on any atom is 0.324 e. The summed E-state index contributed by atoms with van der Waals surface area (Å²) in [6, 6.07) is 18.7. The van der Waals surface area contributed by atoms with Crippen LogP contribution in [-0.4, -0.2) is 18.9 Å². The summed E-state index contributed by atoms with van der Waals surface area (Å²) in [6.07, 6.45) is 5.90. The molecule has 0 saturated heterocycles. The largest absolute Gasteiger partial charge is 0.324 e. The highest BCUT2D eigenvalue weighted by molar-refractivity contribution is 5.79. The fraction of sp³-hybridized carbons (Fsp3) is 0.0500. The maximum atomic E-state index is 4.90. The van der Waals surface area contributed by atoms with Crippen LogP contribution in [0.5, 0.6) is 0 Å². The Kier molecular flexibility index (Phi) is 2.34. The molecule has 0 amide bonds. The number of pyridine rings is 2. The number of fused-ring (bicyclic) bond motifs is 7. The summed E-state index contributed by atoms with van der Waals surface area (Å²) in [5, 5.41) is 0. The number of nitrogens with zero attached hydrogens (tertiary/aromatic N) is 5. The van der Waals surface area contributed by atoms with Gasteiger partial charge in [-0.2, -0.15) is 0 Å². The molecule has 0 N–H and O–H groups in total. The Morgan fingerprint density at radius 3 is 2.76 bits per heavy atom. The van der Waals surface area contributed by atoms with Gasteiger partial charge in [0, 0.05) is 24.2 Å². The van der Waals surface area contributed by atoms with Crippen molar-refractivity contribution in [1.82, 2.24) is 18.9 Å². The second kappa shape index (κ2) is 4.54. The van der Waals surface area contributed by atoms with Crippen molar-refractivity contribution < 1.29 is 4.57 Å². The first-order chi connectivity index (χ1) is 12.4. The van der Waals surface area contributed by atoms with E-state index in [0.717, 1.165) is 29.2 Å². The first-order valence-electron chi connectivity index (χ1n) is 8.32. The number of para-hydroxylation sites is 1. The molecule has 0 saturated carbocycles. The summed E-state index contributed by atoms with van der Waals surface area (Å²) in [5.41, 5.74) is 6.65. The molecular weight excluding hydrogens is 310 g/mol. The molecule has 5 heterocycles. The number of hydrogen-bond donors (Lipinski definition) is 0. The van der Waals surface area contributed by atoms with Gasteiger partial charge < -0.3 is 0 Å². The Morgan fingerprint density at radius 1 is 0.960 bits per heavy atom. The summed E-state index contributed by atoms with van der Waals surface area (Å²) in [4.78, 5) is 9.20. The van der Waals surface area contributed by atoms with Gasteiger partial charge in [0.2, 0.25) is 11.5 Å². The van der Waals surface area contributed by atoms with Crippen LogP contribution in [0.15, 0.2) is 73.2 Å². The smallest absolute Gasteiger partial charge is 0.264 e. The van der Waals surface area contributed by atoms with Crippen molar-refractivity contribution in [2.45, 2.75) is 6.54 Å². The molecule has 0 atom stereocenters. The summed E-state index contributed by atoms with van der Waals surface area (Å²) >= 11 is 0. The highest BCUT2D eigenvalue weighted by Crippen LogP contribution is 2.33. The summed E-state index contributed by atoms with van der Waals surface area (Å²) in [5.74, 6) is 1.17. The fourth-order valence-corrected chi connectivity index (χ4v) is 3.86. The van der Waals surface area contributed by atoms with E-state index >= 15 is 0 Å². The lowest BCUT2D eigenvalue weighted by Gasteiger charge is -2.04. The zero-order valence-corrected chi connectivity index (χ0v) is 13.4. The van der Waals surface area contributed by atoms with Crippen molar-refractivity contribution in [3.05, 3.63) is 78.8 Å². The zero-order valence-electron chi connectivity index (χ0n) is 13.4. The molecule has 1 aliphatic heterocycles. The van der Waals surface area contributed by atoms with Crippen molar-refractivity contribution in [3.8, 4) is 17.1 Å².